The van der Waals surface area contributed by atoms with E-state index in [0.29, 0.717) is 17.6 Å². The molecule has 0 N–H and O–H groups in total. The molecule has 0 unspecified atom stereocenters. The van der Waals surface area contributed by atoms with E-state index >= 15 is 0 Å². The first-order chi connectivity index (χ1) is 26.8. The van der Waals surface area contributed by atoms with Gasteiger partial charge in [0.15, 0.2) is 11.6 Å². The van der Waals surface area contributed by atoms with E-state index in [9.17, 15) is 0 Å². The largest absolute Gasteiger partial charge is 0.278 e. The molecule has 0 spiro atoms. The molecule has 0 saturated heterocycles. The fourth-order valence-electron chi connectivity index (χ4n) is 7.99. The monoisotopic (exact) mass is 706 g/mol. The molecule has 4 nitrogen and oxygen atoms in total. The maximum atomic E-state index is 5.36. The minimum Gasteiger partial charge on any atom is -0.278 e. The smallest absolute Gasteiger partial charge is 0.238 e. The summed E-state index contributed by atoms with van der Waals surface area (Å²) < 4.78 is 4.81. The van der Waals surface area contributed by atoms with E-state index in [1.54, 1.807) is 0 Å². The maximum Gasteiger partial charge on any atom is 0.238 e. The van der Waals surface area contributed by atoms with Crippen LogP contribution in [0.3, 0.4) is 0 Å². The molecule has 11 rings (SSSR count). The standard InChI is InChI=1S/C49H30N4S/c1-4-15-31(16-5-1)34-21-14-22-35(29-34)48-50-47(33-19-8-3-9-20-33)51-49(52-48)53-41-28-27-39-37-24-12-13-26-43(37)54-46(39)45(41)44-38-25-11-10-23-36(38)40(30-42(44)53)32-17-6-2-7-18-32/h1-30H. The first kappa shape index (κ1) is 30.7. The van der Waals surface area contributed by atoms with Crippen LogP contribution in [0.1, 0.15) is 0 Å². The Balaban J connectivity index is 1.28. The number of hydrogen-bond donors (Lipinski definition) is 0. The SMILES string of the molecule is c1ccc(-c2cccc(-c3nc(-c4ccccc4)nc(-n4c5cc(-c6ccccc6)c6ccccc6c5c5c6sc7ccccc7c6ccc54)n3)c2)cc1. The highest BCUT2D eigenvalue weighted by atomic mass is 32.1. The molecule has 3 aromatic heterocycles. The van der Waals surface area contributed by atoms with Crippen molar-refractivity contribution in [2.24, 2.45) is 0 Å². The lowest BCUT2D eigenvalue weighted by molar-refractivity contribution is 0.954. The van der Waals surface area contributed by atoms with Gasteiger partial charge in [-0.05, 0) is 57.3 Å². The van der Waals surface area contributed by atoms with Gasteiger partial charge in [-0.1, -0.05) is 158 Å². The van der Waals surface area contributed by atoms with Crippen LogP contribution in [0.15, 0.2) is 182 Å². The summed E-state index contributed by atoms with van der Waals surface area (Å²) in [5.74, 6) is 1.83. The Kier molecular flexibility index (Phi) is 7.00. The Bertz CT molecular complexity index is 3200. The van der Waals surface area contributed by atoms with Crippen molar-refractivity contribution in [1.29, 1.82) is 0 Å². The molecule has 0 saturated carbocycles. The van der Waals surface area contributed by atoms with E-state index in [1.807, 2.05) is 35.6 Å². The van der Waals surface area contributed by atoms with Crippen LogP contribution in [0.4, 0.5) is 0 Å². The van der Waals surface area contributed by atoms with E-state index in [1.165, 1.54) is 52.8 Å². The third-order valence-electron chi connectivity index (χ3n) is 10.4. The molecule has 54 heavy (non-hydrogen) atoms. The molecule has 0 atom stereocenters. The van der Waals surface area contributed by atoms with Gasteiger partial charge in [-0.2, -0.15) is 9.97 Å². The summed E-state index contributed by atoms with van der Waals surface area (Å²) in [6, 6.07) is 64.2. The Morgan fingerprint density at radius 2 is 0.963 bits per heavy atom. The van der Waals surface area contributed by atoms with E-state index in [0.717, 1.165) is 33.3 Å². The minimum atomic E-state index is 0.582. The van der Waals surface area contributed by atoms with Gasteiger partial charge in [0.2, 0.25) is 5.95 Å². The van der Waals surface area contributed by atoms with Crippen LogP contribution in [0.25, 0.3) is 104 Å². The van der Waals surface area contributed by atoms with Gasteiger partial charge >= 0.3 is 0 Å². The molecule has 252 valence electrons. The van der Waals surface area contributed by atoms with Gasteiger partial charge in [0.1, 0.15) is 0 Å². The van der Waals surface area contributed by atoms with Gasteiger partial charge < -0.3 is 0 Å². The quantitative estimate of drug-likeness (QED) is 0.179. The van der Waals surface area contributed by atoms with Crippen LogP contribution in [0.5, 0.6) is 0 Å². The lowest BCUT2D eigenvalue weighted by Gasteiger charge is -2.13. The third-order valence-corrected chi connectivity index (χ3v) is 11.7. The van der Waals surface area contributed by atoms with E-state index in [-0.39, 0.29) is 0 Å². The number of benzene rings is 8. The molecular formula is C49H30N4S. The summed E-state index contributed by atoms with van der Waals surface area (Å²) in [6.45, 7) is 0. The molecule has 0 aliphatic heterocycles. The van der Waals surface area contributed by atoms with Gasteiger partial charge in [0.25, 0.3) is 0 Å². The van der Waals surface area contributed by atoms with Crippen LogP contribution in [-0.2, 0) is 0 Å². The zero-order chi connectivity index (χ0) is 35.6. The Labute approximate surface area is 315 Å². The number of nitrogens with zero attached hydrogens (tertiary/aromatic N) is 4. The lowest BCUT2D eigenvalue weighted by atomic mass is 9.94. The first-order valence-corrected chi connectivity index (χ1v) is 18.9. The summed E-state index contributed by atoms with van der Waals surface area (Å²) >= 11 is 1.86. The van der Waals surface area contributed by atoms with Crippen LogP contribution in [0.2, 0.25) is 0 Å². The average molecular weight is 707 g/mol. The van der Waals surface area contributed by atoms with Crippen molar-refractivity contribution in [3.8, 4) is 51.0 Å². The summed E-state index contributed by atoms with van der Waals surface area (Å²) in [4.78, 5) is 15.8. The molecule has 0 bridgehead atoms. The summed E-state index contributed by atoms with van der Waals surface area (Å²) in [6.07, 6.45) is 0. The van der Waals surface area contributed by atoms with Gasteiger partial charge in [0, 0.05) is 42.1 Å². The molecule has 11 aromatic rings. The summed E-state index contributed by atoms with van der Waals surface area (Å²) in [7, 11) is 0. The number of thiophene rings is 1. The molecule has 0 aliphatic carbocycles. The lowest BCUT2D eigenvalue weighted by Crippen LogP contribution is -2.06. The zero-order valence-electron chi connectivity index (χ0n) is 29.0. The van der Waals surface area contributed by atoms with E-state index in [2.05, 4.69) is 162 Å². The normalized spacial score (nSPS) is 11.7. The molecule has 8 aromatic carbocycles. The van der Waals surface area contributed by atoms with E-state index in [4.69, 9.17) is 15.0 Å². The molecule has 0 fully saturated rings. The summed E-state index contributed by atoms with van der Waals surface area (Å²) in [5.41, 5.74) is 8.58. The second-order valence-electron chi connectivity index (χ2n) is 13.6. The minimum absolute atomic E-state index is 0.582. The molecule has 0 radical (unpaired) electrons. The van der Waals surface area contributed by atoms with Gasteiger partial charge in [0.05, 0.1) is 11.0 Å². The van der Waals surface area contributed by atoms with Gasteiger partial charge in [-0.15, -0.1) is 11.3 Å². The van der Waals surface area contributed by atoms with Crippen molar-refractivity contribution in [2.45, 2.75) is 0 Å². The van der Waals surface area contributed by atoms with Crippen LogP contribution < -0.4 is 0 Å². The third kappa shape index (κ3) is 4.86. The second-order valence-corrected chi connectivity index (χ2v) is 14.6. The van der Waals surface area contributed by atoms with Crippen molar-refractivity contribution in [2.75, 3.05) is 0 Å². The Morgan fingerprint density at radius 1 is 0.370 bits per heavy atom. The molecule has 3 heterocycles. The predicted octanol–water partition coefficient (Wildman–Crippen LogP) is 13.2. The van der Waals surface area contributed by atoms with Gasteiger partial charge in [-0.25, -0.2) is 4.98 Å². The van der Waals surface area contributed by atoms with E-state index < -0.39 is 0 Å². The Hall–Kier alpha value is -6.95. The molecule has 0 aliphatic rings. The number of hydrogen-bond acceptors (Lipinski definition) is 4. The number of aromatic nitrogens is 4. The predicted molar refractivity (Wildman–Crippen MR) is 226 cm³/mol. The van der Waals surface area contributed by atoms with Crippen molar-refractivity contribution < 1.29 is 0 Å². The Morgan fingerprint density at radius 3 is 1.72 bits per heavy atom. The van der Waals surface area contributed by atoms with Gasteiger partial charge in [-0.3, -0.25) is 4.57 Å². The van der Waals surface area contributed by atoms with Crippen molar-refractivity contribution in [1.82, 2.24) is 19.5 Å². The molecule has 5 heteroatoms. The maximum absolute atomic E-state index is 5.36. The van der Waals surface area contributed by atoms with Crippen LogP contribution in [0, 0.1) is 0 Å². The highest BCUT2D eigenvalue weighted by Gasteiger charge is 2.23. The van der Waals surface area contributed by atoms with Crippen LogP contribution in [-0.4, -0.2) is 19.5 Å². The van der Waals surface area contributed by atoms with Crippen molar-refractivity contribution in [3.63, 3.8) is 0 Å². The fraction of sp³-hybridized carbons (Fsp3) is 0. The van der Waals surface area contributed by atoms with Crippen molar-refractivity contribution >= 4 is 64.1 Å². The average Bonchev–Trinajstić information content (AvgIpc) is 3.80. The number of rotatable bonds is 5. The highest BCUT2D eigenvalue weighted by molar-refractivity contribution is 7.26. The number of fused-ring (bicyclic) bond motifs is 9. The zero-order valence-corrected chi connectivity index (χ0v) is 29.8. The fourth-order valence-corrected chi connectivity index (χ4v) is 9.24. The van der Waals surface area contributed by atoms with Crippen molar-refractivity contribution in [3.05, 3.63) is 182 Å². The van der Waals surface area contributed by atoms with Crippen LogP contribution >= 0.6 is 11.3 Å². The molecule has 0 amide bonds. The highest BCUT2D eigenvalue weighted by Crippen LogP contribution is 2.47. The topological polar surface area (TPSA) is 43.6 Å². The first-order valence-electron chi connectivity index (χ1n) is 18.1. The second kappa shape index (κ2) is 12.3. The molecular weight excluding hydrogens is 677 g/mol. The summed E-state index contributed by atoms with van der Waals surface area (Å²) in [5, 5.41) is 7.37.